The maximum Gasteiger partial charge on any atom is 0.317 e. The van der Waals surface area contributed by atoms with Gasteiger partial charge in [0.05, 0.1) is 6.54 Å². The lowest BCUT2D eigenvalue weighted by molar-refractivity contribution is 0.199. The van der Waals surface area contributed by atoms with Gasteiger partial charge in [-0.25, -0.2) is 14.5 Å². The topological polar surface area (TPSA) is 63.1 Å². The fourth-order valence-corrected chi connectivity index (χ4v) is 3.88. The largest absolute Gasteiger partial charge is 0.334 e. The molecular weight excluding hydrogens is 322 g/mol. The van der Waals surface area contributed by atoms with Crippen LogP contribution in [0.25, 0.3) is 0 Å². The Labute approximate surface area is 146 Å². The molecule has 1 aromatic carbocycles. The van der Waals surface area contributed by atoms with Crippen molar-refractivity contribution in [3.63, 3.8) is 0 Å². The summed E-state index contributed by atoms with van der Waals surface area (Å²) in [4.78, 5) is 18.2. The van der Waals surface area contributed by atoms with E-state index >= 15 is 0 Å². The van der Waals surface area contributed by atoms with Crippen molar-refractivity contribution < 1.29 is 4.79 Å². The first-order valence-corrected chi connectivity index (χ1v) is 9.34. The molecule has 1 aromatic heterocycles. The first-order valence-electron chi connectivity index (χ1n) is 8.29. The Morgan fingerprint density at radius 1 is 1.33 bits per heavy atom. The monoisotopic (exact) mass is 345 g/mol. The highest BCUT2D eigenvalue weighted by Crippen LogP contribution is 2.21. The molecule has 0 aliphatic carbocycles. The minimum atomic E-state index is 0.0421. The molecule has 0 radical (unpaired) electrons. The van der Waals surface area contributed by atoms with E-state index in [-0.39, 0.29) is 6.03 Å². The summed E-state index contributed by atoms with van der Waals surface area (Å²) in [6.07, 6.45) is 4.35. The molecule has 0 saturated carbocycles. The van der Waals surface area contributed by atoms with E-state index in [4.69, 9.17) is 0 Å². The van der Waals surface area contributed by atoms with Crippen LogP contribution in [-0.2, 0) is 13.1 Å². The summed E-state index contributed by atoms with van der Waals surface area (Å²) in [7, 11) is 0. The molecule has 2 heterocycles. The first kappa shape index (κ1) is 16.8. The van der Waals surface area contributed by atoms with Gasteiger partial charge in [0.25, 0.3) is 0 Å². The van der Waals surface area contributed by atoms with Crippen molar-refractivity contribution in [2.24, 2.45) is 0 Å². The standard InChI is InChI=1S/C17H23N5OS/c1-2-16-11-21(7-8-24-16)17(23)19-9-14-3-5-15(6-4-14)10-22-13-18-12-20-22/h3-6,12-13,16H,2,7-11H2,1H3,(H,19,23)/t16-/m1/s1. The van der Waals surface area contributed by atoms with Crippen LogP contribution in [0, 0.1) is 0 Å². The van der Waals surface area contributed by atoms with E-state index in [0.717, 1.165) is 36.4 Å². The van der Waals surface area contributed by atoms with Crippen LogP contribution in [0.2, 0.25) is 0 Å². The van der Waals surface area contributed by atoms with Gasteiger partial charge in [-0.3, -0.25) is 0 Å². The number of hydrogen-bond acceptors (Lipinski definition) is 4. The third-order valence-electron chi connectivity index (χ3n) is 4.16. The quantitative estimate of drug-likeness (QED) is 0.904. The smallest absolute Gasteiger partial charge is 0.317 e. The Hall–Kier alpha value is -2.02. The number of aromatic nitrogens is 3. The van der Waals surface area contributed by atoms with Gasteiger partial charge in [0.1, 0.15) is 12.7 Å². The molecule has 128 valence electrons. The molecule has 1 saturated heterocycles. The maximum atomic E-state index is 12.3. The van der Waals surface area contributed by atoms with Crippen molar-refractivity contribution in [3.05, 3.63) is 48.0 Å². The predicted molar refractivity (Wildman–Crippen MR) is 95.9 cm³/mol. The molecule has 0 spiro atoms. The van der Waals surface area contributed by atoms with Crippen LogP contribution in [0.3, 0.4) is 0 Å². The first-order chi connectivity index (χ1) is 11.7. The molecule has 1 fully saturated rings. The van der Waals surface area contributed by atoms with Gasteiger partial charge >= 0.3 is 6.03 Å². The number of benzene rings is 1. The highest BCUT2D eigenvalue weighted by atomic mass is 32.2. The lowest BCUT2D eigenvalue weighted by Gasteiger charge is -2.31. The summed E-state index contributed by atoms with van der Waals surface area (Å²) in [6, 6.07) is 8.27. The van der Waals surface area contributed by atoms with Crippen molar-refractivity contribution in [2.75, 3.05) is 18.8 Å². The zero-order valence-corrected chi connectivity index (χ0v) is 14.7. The van der Waals surface area contributed by atoms with Gasteiger partial charge in [0, 0.05) is 30.6 Å². The van der Waals surface area contributed by atoms with E-state index in [2.05, 4.69) is 34.5 Å². The number of nitrogens with zero attached hydrogens (tertiary/aromatic N) is 4. The Morgan fingerprint density at radius 2 is 2.12 bits per heavy atom. The van der Waals surface area contributed by atoms with Gasteiger partial charge in [0.2, 0.25) is 0 Å². The van der Waals surface area contributed by atoms with Crippen molar-refractivity contribution in [1.29, 1.82) is 0 Å². The Bertz CT molecular complexity index is 644. The number of amides is 2. The van der Waals surface area contributed by atoms with Gasteiger partial charge in [-0.1, -0.05) is 31.2 Å². The van der Waals surface area contributed by atoms with E-state index in [1.165, 1.54) is 6.33 Å². The molecule has 2 aromatic rings. The summed E-state index contributed by atoms with van der Waals surface area (Å²) < 4.78 is 1.79. The van der Waals surface area contributed by atoms with E-state index in [0.29, 0.717) is 18.3 Å². The molecule has 6 nitrogen and oxygen atoms in total. The van der Waals surface area contributed by atoms with Gasteiger partial charge in [-0.2, -0.15) is 16.9 Å². The number of thioether (sulfide) groups is 1. The van der Waals surface area contributed by atoms with Gasteiger partial charge in [0.15, 0.2) is 0 Å². The average molecular weight is 345 g/mol. The minimum Gasteiger partial charge on any atom is -0.334 e. The molecular formula is C17H23N5OS. The second kappa shape index (κ2) is 8.19. The molecule has 1 aliphatic heterocycles. The third kappa shape index (κ3) is 4.50. The molecule has 3 rings (SSSR count). The highest BCUT2D eigenvalue weighted by molar-refractivity contribution is 8.00. The third-order valence-corrected chi connectivity index (χ3v) is 5.53. The van der Waals surface area contributed by atoms with Crippen molar-refractivity contribution in [2.45, 2.75) is 31.7 Å². The summed E-state index contributed by atoms with van der Waals surface area (Å²) >= 11 is 1.97. The number of nitrogens with one attached hydrogen (secondary N) is 1. The molecule has 1 atom stereocenters. The van der Waals surface area contributed by atoms with E-state index in [1.807, 2.05) is 28.8 Å². The summed E-state index contributed by atoms with van der Waals surface area (Å²) in [5, 5.41) is 7.70. The summed E-state index contributed by atoms with van der Waals surface area (Å²) in [6.45, 7) is 5.13. The molecule has 2 amide bonds. The minimum absolute atomic E-state index is 0.0421. The van der Waals surface area contributed by atoms with Crippen LogP contribution in [0.4, 0.5) is 4.79 Å². The van der Waals surface area contributed by atoms with Crippen LogP contribution in [0.15, 0.2) is 36.9 Å². The van der Waals surface area contributed by atoms with E-state index < -0.39 is 0 Å². The van der Waals surface area contributed by atoms with E-state index in [9.17, 15) is 4.79 Å². The molecule has 7 heteroatoms. The lowest BCUT2D eigenvalue weighted by Crippen LogP contribution is -2.46. The van der Waals surface area contributed by atoms with Crippen LogP contribution >= 0.6 is 11.8 Å². The second-order valence-corrected chi connectivity index (χ2v) is 7.32. The molecule has 24 heavy (non-hydrogen) atoms. The lowest BCUT2D eigenvalue weighted by atomic mass is 10.1. The van der Waals surface area contributed by atoms with Gasteiger partial charge in [-0.15, -0.1) is 0 Å². The second-order valence-electron chi connectivity index (χ2n) is 5.92. The molecule has 0 bridgehead atoms. The number of rotatable bonds is 5. The highest BCUT2D eigenvalue weighted by Gasteiger charge is 2.22. The van der Waals surface area contributed by atoms with Crippen molar-refractivity contribution in [3.8, 4) is 0 Å². The van der Waals surface area contributed by atoms with Crippen molar-refractivity contribution >= 4 is 17.8 Å². The van der Waals surface area contributed by atoms with Crippen LogP contribution in [-0.4, -0.2) is 49.8 Å². The van der Waals surface area contributed by atoms with Gasteiger partial charge in [-0.05, 0) is 17.5 Å². The summed E-state index contributed by atoms with van der Waals surface area (Å²) in [5.74, 6) is 1.03. The normalized spacial score (nSPS) is 17.7. The van der Waals surface area contributed by atoms with Crippen LogP contribution in [0.1, 0.15) is 24.5 Å². The molecule has 1 N–H and O–H groups in total. The Balaban J connectivity index is 1.48. The Kier molecular flexibility index (Phi) is 5.74. The number of hydrogen-bond donors (Lipinski definition) is 1. The predicted octanol–water partition coefficient (Wildman–Crippen LogP) is 2.36. The zero-order valence-electron chi connectivity index (χ0n) is 13.9. The zero-order chi connectivity index (χ0) is 16.8. The number of carbonyl (C=O) groups excluding carboxylic acids is 1. The SMILES string of the molecule is CC[C@@H]1CN(C(=O)NCc2ccc(Cn3cncn3)cc2)CCS1. The molecule has 0 unspecified atom stereocenters. The van der Waals surface area contributed by atoms with E-state index in [1.54, 1.807) is 11.0 Å². The van der Waals surface area contributed by atoms with Crippen LogP contribution < -0.4 is 5.32 Å². The fourth-order valence-electron chi connectivity index (χ4n) is 2.70. The molecule has 1 aliphatic rings. The van der Waals surface area contributed by atoms with Crippen LogP contribution in [0.5, 0.6) is 0 Å². The number of carbonyl (C=O) groups is 1. The average Bonchev–Trinajstić information content (AvgIpc) is 3.14. The van der Waals surface area contributed by atoms with Gasteiger partial charge < -0.3 is 10.2 Å². The van der Waals surface area contributed by atoms with Crippen molar-refractivity contribution in [1.82, 2.24) is 25.0 Å². The maximum absolute atomic E-state index is 12.3. The Morgan fingerprint density at radius 3 is 2.83 bits per heavy atom. The fraction of sp³-hybridized carbons (Fsp3) is 0.471. The number of urea groups is 1. The summed E-state index contributed by atoms with van der Waals surface area (Å²) in [5.41, 5.74) is 2.26.